The van der Waals surface area contributed by atoms with Crippen molar-refractivity contribution in [2.75, 3.05) is 26.1 Å². The number of amides is 2. The standard InChI is InChI=1S/C22H23N3O3/c1-27-17-10-11-20(28-2)18(15-17)21-19-9-6-12-24(19)13-14-25(21)22(26)23-16-7-4-3-5-8-16/h3-12,15,21H,13-14H2,1-2H3,(H,23,26)/t21-/m1/s1. The summed E-state index contributed by atoms with van der Waals surface area (Å²) in [6.07, 6.45) is 2.04. The molecule has 0 spiro atoms. The van der Waals surface area contributed by atoms with E-state index in [0.717, 1.165) is 35.0 Å². The number of methoxy groups -OCH3 is 2. The number of ether oxygens (including phenoxy) is 2. The van der Waals surface area contributed by atoms with E-state index in [-0.39, 0.29) is 12.1 Å². The minimum atomic E-state index is -0.280. The first kappa shape index (κ1) is 18.0. The van der Waals surface area contributed by atoms with E-state index in [1.54, 1.807) is 14.2 Å². The molecule has 144 valence electrons. The van der Waals surface area contributed by atoms with Gasteiger partial charge in [0.05, 0.1) is 14.2 Å². The second kappa shape index (κ2) is 7.68. The lowest BCUT2D eigenvalue weighted by molar-refractivity contribution is 0.180. The normalized spacial score (nSPS) is 15.6. The summed E-state index contributed by atoms with van der Waals surface area (Å²) in [6, 6.07) is 18.8. The quantitative estimate of drug-likeness (QED) is 0.743. The number of benzene rings is 2. The Bertz CT molecular complexity index is 968. The highest BCUT2D eigenvalue weighted by atomic mass is 16.5. The number of rotatable bonds is 4. The SMILES string of the molecule is COc1ccc(OC)c([C@@H]2c3cccn3CCN2C(=O)Nc2ccccc2)c1. The van der Waals surface area contributed by atoms with Gasteiger partial charge in [0.2, 0.25) is 0 Å². The van der Waals surface area contributed by atoms with Gasteiger partial charge < -0.3 is 24.3 Å². The van der Waals surface area contributed by atoms with Crippen molar-refractivity contribution in [3.05, 3.63) is 78.1 Å². The van der Waals surface area contributed by atoms with E-state index in [2.05, 4.69) is 9.88 Å². The third kappa shape index (κ3) is 3.29. The molecule has 0 saturated heterocycles. The van der Waals surface area contributed by atoms with Crippen LogP contribution in [0.15, 0.2) is 66.9 Å². The van der Waals surface area contributed by atoms with Crippen molar-refractivity contribution in [1.29, 1.82) is 0 Å². The molecule has 0 unspecified atom stereocenters. The van der Waals surface area contributed by atoms with Gasteiger partial charge in [0.1, 0.15) is 17.5 Å². The van der Waals surface area contributed by atoms with Gasteiger partial charge in [-0.1, -0.05) is 18.2 Å². The van der Waals surface area contributed by atoms with Crippen LogP contribution in [0.1, 0.15) is 17.3 Å². The van der Waals surface area contributed by atoms with Crippen LogP contribution in [0.4, 0.5) is 10.5 Å². The second-order valence-corrected chi connectivity index (χ2v) is 6.63. The fourth-order valence-electron chi connectivity index (χ4n) is 3.70. The van der Waals surface area contributed by atoms with Gasteiger partial charge in [0.25, 0.3) is 0 Å². The zero-order chi connectivity index (χ0) is 19.5. The van der Waals surface area contributed by atoms with Crippen LogP contribution in [0, 0.1) is 0 Å². The van der Waals surface area contributed by atoms with E-state index >= 15 is 0 Å². The number of hydrogen-bond donors (Lipinski definition) is 1. The van der Waals surface area contributed by atoms with Gasteiger partial charge in [-0.05, 0) is 42.5 Å². The molecule has 1 aliphatic heterocycles. The van der Waals surface area contributed by atoms with Crippen LogP contribution in [-0.4, -0.2) is 36.3 Å². The number of hydrogen-bond acceptors (Lipinski definition) is 3. The van der Waals surface area contributed by atoms with Gasteiger partial charge in [-0.3, -0.25) is 0 Å². The minimum absolute atomic E-state index is 0.145. The number of para-hydroxylation sites is 1. The van der Waals surface area contributed by atoms with Crippen molar-refractivity contribution in [1.82, 2.24) is 9.47 Å². The molecule has 1 atom stereocenters. The predicted molar refractivity (Wildman–Crippen MR) is 108 cm³/mol. The van der Waals surface area contributed by atoms with Crippen LogP contribution in [0.5, 0.6) is 11.5 Å². The van der Waals surface area contributed by atoms with E-state index < -0.39 is 0 Å². The molecule has 0 saturated carbocycles. The highest BCUT2D eigenvalue weighted by molar-refractivity contribution is 5.90. The lowest BCUT2D eigenvalue weighted by Crippen LogP contribution is -2.44. The molecule has 2 aromatic carbocycles. The van der Waals surface area contributed by atoms with Crippen molar-refractivity contribution in [2.24, 2.45) is 0 Å². The molecule has 6 nitrogen and oxygen atoms in total. The van der Waals surface area contributed by atoms with E-state index in [1.165, 1.54) is 0 Å². The lowest BCUT2D eigenvalue weighted by atomic mass is 9.98. The monoisotopic (exact) mass is 377 g/mol. The Morgan fingerprint density at radius 3 is 2.57 bits per heavy atom. The molecule has 0 fully saturated rings. The average Bonchev–Trinajstić information content (AvgIpc) is 3.22. The van der Waals surface area contributed by atoms with E-state index in [1.807, 2.05) is 71.8 Å². The van der Waals surface area contributed by atoms with Gasteiger partial charge in [-0.25, -0.2) is 4.79 Å². The van der Waals surface area contributed by atoms with Crippen LogP contribution in [0.3, 0.4) is 0 Å². The third-order valence-corrected chi connectivity index (χ3v) is 5.06. The average molecular weight is 377 g/mol. The first-order valence-corrected chi connectivity index (χ1v) is 9.21. The number of fused-ring (bicyclic) bond motifs is 1. The van der Waals surface area contributed by atoms with Gasteiger partial charge in [0.15, 0.2) is 0 Å². The van der Waals surface area contributed by atoms with Crippen LogP contribution >= 0.6 is 0 Å². The maximum absolute atomic E-state index is 13.2. The minimum Gasteiger partial charge on any atom is -0.497 e. The fraction of sp³-hybridized carbons (Fsp3) is 0.227. The van der Waals surface area contributed by atoms with Crippen molar-refractivity contribution < 1.29 is 14.3 Å². The van der Waals surface area contributed by atoms with E-state index in [4.69, 9.17) is 9.47 Å². The number of nitrogens with one attached hydrogen (secondary N) is 1. The van der Waals surface area contributed by atoms with Gasteiger partial charge in [-0.15, -0.1) is 0 Å². The number of aromatic nitrogens is 1. The largest absolute Gasteiger partial charge is 0.497 e. The summed E-state index contributed by atoms with van der Waals surface area (Å²) in [5.74, 6) is 1.45. The van der Waals surface area contributed by atoms with Crippen molar-refractivity contribution in [3.63, 3.8) is 0 Å². The summed E-state index contributed by atoms with van der Waals surface area (Å²) in [6.45, 7) is 1.33. The highest BCUT2D eigenvalue weighted by Crippen LogP contribution is 2.39. The molecule has 3 aromatic rings. The number of nitrogens with zero attached hydrogens (tertiary/aromatic N) is 2. The van der Waals surface area contributed by atoms with Crippen molar-refractivity contribution in [2.45, 2.75) is 12.6 Å². The lowest BCUT2D eigenvalue weighted by Gasteiger charge is -2.37. The molecule has 1 N–H and O–H groups in total. The summed E-state index contributed by atoms with van der Waals surface area (Å²) >= 11 is 0. The highest BCUT2D eigenvalue weighted by Gasteiger charge is 2.34. The number of carbonyl (C=O) groups is 1. The summed E-state index contributed by atoms with van der Waals surface area (Å²) in [5.41, 5.74) is 2.70. The second-order valence-electron chi connectivity index (χ2n) is 6.63. The first-order chi connectivity index (χ1) is 13.7. The molecule has 1 aliphatic rings. The number of urea groups is 1. The molecule has 0 aliphatic carbocycles. The Kier molecular flexibility index (Phi) is 4.93. The number of anilines is 1. The maximum Gasteiger partial charge on any atom is 0.322 e. The Morgan fingerprint density at radius 2 is 1.82 bits per heavy atom. The van der Waals surface area contributed by atoms with E-state index in [9.17, 15) is 4.79 Å². The van der Waals surface area contributed by atoms with Crippen LogP contribution in [-0.2, 0) is 6.54 Å². The summed E-state index contributed by atoms with van der Waals surface area (Å²) in [7, 11) is 3.27. The summed E-state index contributed by atoms with van der Waals surface area (Å²) in [4.78, 5) is 15.0. The molecule has 0 bridgehead atoms. The van der Waals surface area contributed by atoms with Crippen molar-refractivity contribution in [3.8, 4) is 11.5 Å². The molecule has 4 rings (SSSR count). The predicted octanol–water partition coefficient (Wildman–Crippen LogP) is 4.14. The van der Waals surface area contributed by atoms with Gasteiger partial charge in [0, 0.05) is 36.2 Å². The Hall–Kier alpha value is -3.41. The molecule has 1 aromatic heterocycles. The first-order valence-electron chi connectivity index (χ1n) is 9.21. The molecular weight excluding hydrogens is 354 g/mol. The Labute approximate surface area is 164 Å². The van der Waals surface area contributed by atoms with Crippen LogP contribution in [0.25, 0.3) is 0 Å². The Morgan fingerprint density at radius 1 is 1.00 bits per heavy atom. The Balaban J connectivity index is 1.76. The van der Waals surface area contributed by atoms with Crippen molar-refractivity contribution >= 4 is 11.7 Å². The topological polar surface area (TPSA) is 55.7 Å². The number of carbonyl (C=O) groups excluding carboxylic acids is 1. The van der Waals surface area contributed by atoms with E-state index in [0.29, 0.717) is 6.54 Å². The molecule has 6 heteroatoms. The zero-order valence-electron chi connectivity index (χ0n) is 16.0. The summed E-state index contributed by atoms with van der Waals surface area (Å²) in [5, 5.41) is 3.01. The van der Waals surface area contributed by atoms with Gasteiger partial charge >= 0.3 is 6.03 Å². The third-order valence-electron chi connectivity index (χ3n) is 5.06. The zero-order valence-corrected chi connectivity index (χ0v) is 16.0. The molecular formula is C22H23N3O3. The molecule has 2 amide bonds. The smallest absolute Gasteiger partial charge is 0.322 e. The summed E-state index contributed by atoms with van der Waals surface area (Å²) < 4.78 is 13.2. The van der Waals surface area contributed by atoms with Crippen LogP contribution < -0.4 is 14.8 Å². The molecule has 0 radical (unpaired) electrons. The fourth-order valence-corrected chi connectivity index (χ4v) is 3.70. The maximum atomic E-state index is 13.2. The molecule has 2 heterocycles. The van der Waals surface area contributed by atoms with Crippen LogP contribution in [0.2, 0.25) is 0 Å². The van der Waals surface area contributed by atoms with Gasteiger partial charge in [-0.2, -0.15) is 0 Å². The molecule has 28 heavy (non-hydrogen) atoms.